The number of fused-ring (bicyclic) bond motifs is 1. The molecular formula is C10H8BrNO2. The van der Waals surface area contributed by atoms with Crippen molar-refractivity contribution in [1.29, 1.82) is 0 Å². The molecule has 2 rings (SSSR count). The zero-order valence-electron chi connectivity index (χ0n) is 7.50. The van der Waals surface area contributed by atoms with Crippen LogP contribution in [0.1, 0.15) is 10.4 Å². The maximum atomic E-state index is 10.8. The molecule has 72 valence electrons. The number of ether oxygens (including phenoxy) is 1. The fraction of sp³-hybridized carbons (Fsp3) is 0.100. The van der Waals surface area contributed by atoms with Crippen LogP contribution in [-0.2, 0) is 0 Å². The number of H-pyrrole nitrogens is 1. The fourth-order valence-electron chi connectivity index (χ4n) is 1.47. The normalized spacial score (nSPS) is 10.4. The Morgan fingerprint density at radius 2 is 2.29 bits per heavy atom. The first-order valence-corrected chi connectivity index (χ1v) is 4.86. The number of aromatic amines is 1. The minimum atomic E-state index is 0.609. The van der Waals surface area contributed by atoms with Crippen LogP contribution in [0.5, 0.6) is 5.75 Å². The second kappa shape index (κ2) is 3.46. The molecule has 0 aliphatic heterocycles. The molecule has 1 aromatic carbocycles. The smallest absolute Gasteiger partial charge is 0.152 e. The van der Waals surface area contributed by atoms with Gasteiger partial charge in [0, 0.05) is 16.2 Å². The van der Waals surface area contributed by atoms with Crippen LogP contribution in [-0.4, -0.2) is 18.4 Å². The summed E-state index contributed by atoms with van der Waals surface area (Å²) in [6, 6.07) is 3.71. The van der Waals surface area contributed by atoms with Crippen molar-refractivity contribution < 1.29 is 9.53 Å². The molecule has 0 saturated carbocycles. The van der Waals surface area contributed by atoms with Gasteiger partial charge >= 0.3 is 0 Å². The average molecular weight is 254 g/mol. The average Bonchev–Trinajstić information content (AvgIpc) is 2.63. The van der Waals surface area contributed by atoms with Gasteiger partial charge in [0.15, 0.2) is 6.29 Å². The summed E-state index contributed by atoms with van der Waals surface area (Å²) in [6.07, 6.45) is 2.48. The number of halogens is 1. The van der Waals surface area contributed by atoms with Crippen molar-refractivity contribution in [3.05, 3.63) is 28.4 Å². The van der Waals surface area contributed by atoms with Crippen LogP contribution < -0.4 is 4.74 Å². The van der Waals surface area contributed by atoms with Crippen LogP contribution in [0.2, 0.25) is 0 Å². The van der Waals surface area contributed by atoms with Crippen LogP contribution >= 0.6 is 15.9 Å². The molecule has 0 saturated heterocycles. The number of aldehydes is 1. The molecule has 0 aliphatic carbocycles. The number of aromatic nitrogens is 1. The Hall–Kier alpha value is -1.29. The first-order chi connectivity index (χ1) is 6.77. The van der Waals surface area contributed by atoms with Crippen molar-refractivity contribution in [2.75, 3.05) is 7.11 Å². The Balaban J connectivity index is 2.88. The van der Waals surface area contributed by atoms with Gasteiger partial charge in [-0.25, -0.2) is 0 Å². The predicted molar refractivity (Wildman–Crippen MR) is 57.9 cm³/mol. The van der Waals surface area contributed by atoms with Crippen LogP contribution in [0.4, 0.5) is 0 Å². The Morgan fingerprint density at radius 1 is 1.50 bits per heavy atom. The lowest BCUT2D eigenvalue weighted by Gasteiger charge is -2.03. The molecule has 0 fully saturated rings. The van der Waals surface area contributed by atoms with Gasteiger partial charge in [-0.3, -0.25) is 4.79 Å². The van der Waals surface area contributed by atoms with E-state index in [9.17, 15) is 4.79 Å². The molecule has 0 spiro atoms. The Bertz CT molecular complexity index is 490. The van der Waals surface area contributed by atoms with E-state index in [0.717, 1.165) is 21.7 Å². The first-order valence-electron chi connectivity index (χ1n) is 4.06. The van der Waals surface area contributed by atoms with Gasteiger partial charge in [-0.05, 0) is 28.1 Å². The number of nitrogens with one attached hydrogen (secondary N) is 1. The summed E-state index contributed by atoms with van der Waals surface area (Å²) < 4.78 is 6.10. The van der Waals surface area contributed by atoms with Crippen molar-refractivity contribution in [2.45, 2.75) is 0 Å². The molecule has 0 unspecified atom stereocenters. The summed E-state index contributed by atoms with van der Waals surface area (Å²) in [5, 5.41) is 0.817. The topological polar surface area (TPSA) is 42.1 Å². The number of carbonyl (C=O) groups is 1. The number of carbonyl (C=O) groups excluding carboxylic acids is 1. The van der Waals surface area contributed by atoms with Gasteiger partial charge in [-0.15, -0.1) is 0 Å². The number of benzene rings is 1. The van der Waals surface area contributed by atoms with Crippen molar-refractivity contribution >= 4 is 33.1 Å². The summed E-state index contributed by atoms with van der Waals surface area (Å²) in [7, 11) is 1.59. The van der Waals surface area contributed by atoms with Crippen molar-refractivity contribution in [3.63, 3.8) is 0 Å². The van der Waals surface area contributed by atoms with Gasteiger partial charge < -0.3 is 9.72 Å². The van der Waals surface area contributed by atoms with Gasteiger partial charge in [0.1, 0.15) is 5.75 Å². The summed E-state index contributed by atoms with van der Waals surface area (Å²) >= 11 is 3.40. The Labute approximate surface area is 89.2 Å². The van der Waals surface area contributed by atoms with Crippen LogP contribution in [0.25, 0.3) is 10.9 Å². The summed E-state index contributed by atoms with van der Waals surface area (Å²) in [5.41, 5.74) is 1.49. The monoisotopic (exact) mass is 253 g/mol. The second-order valence-electron chi connectivity index (χ2n) is 2.86. The van der Waals surface area contributed by atoms with E-state index >= 15 is 0 Å². The standard InChI is InChI=1S/C10H8BrNO2/c1-14-8-3-2-7(11)10-9(8)6(5-13)4-12-10/h2-5,12H,1H3. The summed E-state index contributed by atoms with van der Waals surface area (Å²) in [6.45, 7) is 0. The Morgan fingerprint density at radius 3 is 2.93 bits per heavy atom. The van der Waals surface area contributed by atoms with Crippen LogP contribution in [0.3, 0.4) is 0 Å². The molecule has 4 heteroatoms. The zero-order chi connectivity index (χ0) is 10.1. The van der Waals surface area contributed by atoms with Crippen molar-refractivity contribution in [2.24, 2.45) is 0 Å². The zero-order valence-corrected chi connectivity index (χ0v) is 9.09. The van der Waals surface area contributed by atoms with E-state index in [1.165, 1.54) is 0 Å². The molecule has 3 nitrogen and oxygen atoms in total. The summed E-state index contributed by atoms with van der Waals surface area (Å²) in [5.74, 6) is 0.701. The highest BCUT2D eigenvalue weighted by molar-refractivity contribution is 9.10. The minimum Gasteiger partial charge on any atom is -0.496 e. The van der Waals surface area contributed by atoms with E-state index in [2.05, 4.69) is 20.9 Å². The second-order valence-corrected chi connectivity index (χ2v) is 3.72. The molecule has 1 aromatic heterocycles. The van der Waals surface area contributed by atoms with Crippen LogP contribution in [0.15, 0.2) is 22.8 Å². The highest BCUT2D eigenvalue weighted by Gasteiger charge is 2.10. The van der Waals surface area contributed by atoms with Gasteiger partial charge in [0.2, 0.25) is 0 Å². The molecule has 2 aromatic rings. The first kappa shape index (κ1) is 9.27. The number of methoxy groups -OCH3 is 1. The maximum Gasteiger partial charge on any atom is 0.152 e. The van der Waals surface area contributed by atoms with E-state index in [-0.39, 0.29) is 0 Å². The highest BCUT2D eigenvalue weighted by atomic mass is 79.9. The molecule has 1 heterocycles. The summed E-state index contributed by atoms with van der Waals surface area (Å²) in [4.78, 5) is 13.8. The third kappa shape index (κ3) is 1.23. The maximum absolute atomic E-state index is 10.8. The van der Waals surface area contributed by atoms with Gasteiger partial charge in [0.25, 0.3) is 0 Å². The quantitative estimate of drug-likeness (QED) is 0.837. The van der Waals surface area contributed by atoms with E-state index in [1.54, 1.807) is 13.3 Å². The van der Waals surface area contributed by atoms with Crippen molar-refractivity contribution in [3.8, 4) is 5.75 Å². The third-order valence-electron chi connectivity index (χ3n) is 2.12. The number of rotatable bonds is 2. The highest BCUT2D eigenvalue weighted by Crippen LogP contribution is 2.32. The van der Waals surface area contributed by atoms with E-state index in [4.69, 9.17) is 4.74 Å². The largest absolute Gasteiger partial charge is 0.496 e. The van der Waals surface area contributed by atoms with E-state index in [0.29, 0.717) is 11.3 Å². The fourth-order valence-corrected chi connectivity index (χ4v) is 1.92. The predicted octanol–water partition coefficient (Wildman–Crippen LogP) is 2.75. The molecule has 1 N–H and O–H groups in total. The molecule has 0 aliphatic rings. The van der Waals surface area contributed by atoms with Gasteiger partial charge in [-0.2, -0.15) is 0 Å². The number of hydrogen-bond acceptors (Lipinski definition) is 2. The van der Waals surface area contributed by atoms with E-state index < -0.39 is 0 Å². The lowest BCUT2D eigenvalue weighted by molar-refractivity contribution is 0.112. The lowest BCUT2D eigenvalue weighted by atomic mass is 10.2. The lowest BCUT2D eigenvalue weighted by Crippen LogP contribution is -1.86. The molecule has 0 atom stereocenters. The molecule has 0 radical (unpaired) electrons. The third-order valence-corrected chi connectivity index (χ3v) is 2.78. The molecule has 0 amide bonds. The minimum absolute atomic E-state index is 0.609. The number of hydrogen-bond donors (Lipinski definition) is 1. The SMILES string of the molecule is COc1ccc(Br)c2[nH]cc(C=O)c12. The van der Waals surface area contributed by atoms with E-state index in [1.807, 2.05) is 12.1 Å². The molecule has 0 bridgehead atoms. The van der Waals surface area contributed by atoms with Crippen LogP contribution in [0, 0.1) is 0 Å². The Kier molecular flexibility index (Phi) is 2.29. The van der Waals surface area contributed by atoms with Gasteiger partial charge in [-0.1, -0.05) is 0 Å². The molecular weight excluding hydrogens is 246 g/mol. The van der Waals surface area contributed by atoms with Crippen molar-refractivity contribution in [1.82, 2.24) is 4.98 Å². The molecule has 14 heavy (non-hydrogen) atoms. The van der Waals surface area contributed by atoms with Gasteiger partial charge in [0.05, 0.1) is 18.0 Å².